The monoisotopic (exact) mass is 437 g/mol. The van der Waals surface area contributed by atoms with Gasteiger partial charge in [-0.15, -0.1) is 11.8 Å². The van der Waals surface area contributed by atoms with Crippen molar-refractivity contribution in [1.29, 1.82) is 0 Å². The van der Waals surface area contributed by atoms with Gasteiger partial charge < -0.3 is 15.1 Å². The Morgan fingerprint density at radius 3 is 2.37 bits per heavy atom. The first-order valence-corrected chi connectivity index (χ1v) is 10.1. The summed E-state index contributed by atoms with van der Waals surface area (Å²) in [6.07, 6.45) is -4.52. The summed E-state index contributed by atoms with van der Waals surface area (Å²) in [7, 11) is 5.55. The molecule has 2 amide bonds. The van der Waals surface area contributed by atoms with Crippen molar-refractivity contribution in [3.05, 3.63) is 53.6 Å². The van der Waals surface area contributed by atoms with Crippen LogP contribution in [0.15, 0.2) is 47.4 Å². The number of carbonyl (C=O) groups excluding carboxylic acids is 2. The molecule has 0 spiro atoms. The van der Waals surface area contributed by atoms with Crippen molar-refractivity contribution < 1.29 is 22.8 Å². The molecule has 0 radical (unpaired) electrons. The van der Waals surface area contributed by atoms with E-state index in [1.807, 2.05) is 43.3 Å². The third-order valence-electron chi connectivity index (χ3n) is 4.78. The number of thioether (sulfide) groups is 1. The summed E-state index contributed by atoms with van der Waals surface area (Å²) in [5.41, 5.74) is 1.31. The molecule has 0 saturated heterocycles. The van der Waals surface area contributed by atoms with Crippen LogP contribution in [0.25, 0.3) is 0 Å². The summed E-state index contributed by atoms with van der Waals surface area (Å²) in [6, 6.07) is 11.0. The predicted octanol–water partition coefficient (Wildman–Crippen LogP) is 4.23. The summed E-state index contributed by atoms with van der Waals surface area (Å²) in [4.78, 5) is 29.0. The molecule has 0 bridgehead atoms. The lowest BCUT2D eigenvalue weighted by Gasteiger charge is -2.26. The van der Waals surface area contributed by atoms with Crippen molar-refractivity contribution in [2.45, 2.75) is 29.3 Å². The lowest BCUT2D eigenvalue weighted by Crippen LogP contribution is -2.35. The summed E-state index contributed by atoms with van der Waals surface area (Å²) in [6.45, 7) is 0.400. The second-order valence-corrected chi connectivity index (χ2v) is 8.56. The molecule has 0 saturated carbocycles. The molecule has 1 atom stereocenters. The van der Waals surface area contributed by atoms with Gasteiger partial charge in [0.05, 0.1) is 16.5 Å². The fraction of sp³-hybridized carbons (Fsp3) is 0.333. The minimum absolute atomic E-state index is 0.0384. The number of amides is 2. The Labute approximate surface area is 177 Å². The van der Waals surface area contributed by atoms with Crippen molar-refractivity contribution in [2.24, 2.45) is 0 Å². The average molecular weight is 437 g/mol. The van der Waals surface area contributed by atoms with E-state index >= 15 is 0 Å². The molecule has 160 valence electrons. The van der Waals surface area contributed by atoms with Crippen molar-refractivity contribution in [2.75, 3.05) is 31.4 Å². The van der Waals surface area contributed by atoms with E-state index in [1.165, 1.54) is 6.07 Å². The molecule has 5 nitrogen and oxygen atoms in total. The van der Waals surface area contributed by atoms with Gasteiger partial charge in [0.2, 0.25) is 11.8 Å². The quantitative estimate of drug-likeness (QED) is 0.761. The van der Waals surface area contributed by atoms with E-state index in [0.717, 1.165) is 35.1 Å². The molecule has 3 rings (SSSR count). The number of rotatable bonds is 5. The van der Waals surface area contributed by atoms with E-state index in [9.17, 15) is 22.8 Å². The summed E-state index contributed by atoms with van der Waals surface area (Å²) in [5, 5.41) is 1.80. The highest BCUT2D eigenvalue weighted by Crippen LogP contribution is 2.40. The molecule has 0 fully saturated rings. The van der Waals surface area contributed by atoms with Gasteiger partial charge in [-0.2, -0.15) is 13.2 Å². The highest BCUT2D eigenvalue weighted by molar-refractivity contribution is 8.01. The maximum Gasteiger partial charge on any atom is 0.416 e. The van der Waals surface area contributed by atoms with E-state index in [2.05, 4.69) is 5.32 Å². The van der Waals surface area contributed by atoms with E-state index in [4.69, 9.17) is 0 Å². The van der Waals surface area contributed by atoms with Gasteiger partial charge in [0.25, 0.3) is 0 Å². The number of halogens is 3. The number of nitrogens with zero attached hydrogens (tertiary/aromatic N) is 2. The van der Waals surface area contributed by atoms with Gasteiger partial charge >= 0.3 is 6.18 Å². The van der Waals surface area contributed by atoms with E-state index in [-0.39, 0.29) is 18.0 Å². The third kappa shape index (κ3) is 5.08. The summed E-state index contributed by atoms with van der Waals surface area (Å²) in [5.74, 6) is -0.682. The zero-order chi connectivity index (χ0) is 22.1. The molecular formula is C21H22F3N3O2S. The molecule has 0 aliphatic carbocycles. The standard InChI is InChI=1S/C21H22F3N3O2S/c1-26(2)15-7-4-13(5-8-15)12-27(3)19(28)11-18-20(29)25-16-10-14(21(22,23)24)6-9-17(16)30-18/h4-10,18H,11-12H2,1-3H3,(H,25,29). The highest BCUT2D eigenvalue weighted by atomic mass is 32.2. The maximum absolute atomic E-state index is 12.9. The fourth-order valence-electron chi connectivity index (χ4n) is 3.04. The molecule has 0 aromatic heterocycles. The first-order chi connectivity index (χ1) is 14.0. The van der Waals surface area contributed by atoms with Crippen LogP contribution >= 0.6 is 11.8 Å². The first-order valence-electron chi connectivity index (χ1n) is 9.23. The summed E-state index contributed by atoms with van der Waals surface area (Å²) < 4.78 is 38.6. The molecule has 1 heterocycles. The Balaban J connectivity index is 1.63. The van der Waals surface area contributed by atoms with Gasteiger partial charge in [-0.05, 0) is 35.9 Å². The number of hydrogen-bond donors (Lipinski definition) is 1. The number of carbonyl (C=O) groups is 2. The molecule has 2 aromatic rings. The first kappa shape index (κ1) is 22.0. The van der Waals surface area contributed by atoms with Gasteiger partial charge in [0.1, 0.15) is 0 Å². The Morgan fingerprint density at radius 1 is 1.10 bits per heavy atom. The highest BCUT2D eigenvalue weighted by Gasteiger charge is 2.34. The zero-order valence-electron chi connectivity index (χ0n) is 16.8. The van der Waals surface area contributed by atoms with Crippen LogP contribution in [-0.4, -0.2) is 43.1 Å². The van der Waals surface area contributed by atoms with Gasteiger partial charge in [0.15, 0.2) is 0 Å². The van der Waals surface area contributed by atoms with Crippen LogP contribution in [0, 0.1) is 0 Å². The Hall–Kier alpha value is -2.68. The Kier molecular flexibility index (Phi) is 6.30. The van der Waals surface area contributed by atoms with Gasteiger partial charge in [-0.3, -0.25) is 9.59 Å². The fourth-order valence-corrected chi connectivity index (χ4v) is 4.12. The lowest BCUT2D eigenvalue weighted by molar-refractivity contribution is -0.137. The van der Waals surface area contributed by atoms with E-state index in [1.54, 1.807) is 11.9 Å². The smallest absolute Gasteiger partial charge is 0.378 e. The number of fused-ring (bicyclic) bond motifs is 1. The van der Waals surface area contributed by atoms with Crippen LogP contribution in [0.2, 0.25) is 0 Å². The number of hydrogen-bond acceptors (Lipinski definition) is 4. The van der Waals surface area contributed by atoms with Gasteiger partial charge in [-0.25, -0.2) is 0 Å². The van der Waals surface area contributed by atoms with Crippen LogP contribution in [-0.2, 0) is 22.3 Å². The molecule has 1 aliphatic rings. The van der Waals surface area contributed by atoms with Crippen LogP contribution in [0.1, 0.15) is 17.5 Å². The van der Waals surface area contributed by atoms with E-state index < -0.39 is 22.9 Å². The maximum atomic E-state index is 12.9. The van der Waals surface area contributed by atoms with Gasteiger partial charge in [0, 0.05) is 44.7 Å². The van der Waals surface area contributed by atoms with Crippen LogP contribution in [0.3, 0.4) is 0 Å². The minimum Gasteiger partial charge on any atom is -0.378 e. The second kappa shape index (κ2) is 8.59. The predicted molar refractivity (Wildman–Crippen MR) is 112 cm³/mol. The van der Waals surface area contributed by atoms with E-state index in [0.29, 0.717) is 11.4 Å². The SMILES string of the molecule is CN(Cc1ccc(N(C)C)cc1)C(=O)CC1Sc2ccc(C(F)(F)F)cc2NC1=O. The largest absolute Gasteiger partial charge is 0.416 e. The third-order valence-corrected chi connectivity index (χ3v) is 6.06. The molecule has 2 aromatic carbocycles. The number of anilines is 2. The summed E-state index contributed by atoms with van der Waals surface area (Å²) >= 11 is 1.11. The molecule has 1 unspecified atom stereocenters. The number of alkyl halides is 3. The molecule has 30 heavy (non-hydrogen) atoms. The molecule has 1 aliphatic heterocycles. The topological polar surface area (TPSA) is 52.6 Å². The van der Waals surface area contributed by atoms with Crippen LogP contribution < -0.4 is 10.2 Å². The zero-order valence-corrected chi connectivity index (χ0v) is 17.6. The normalized spacial score (nSPS) is 15.9. The second-order valence-electron chi connectivity index (χ2n) is 7.32. The Morgan fingerprint density at radius 2 is 1.77 bits per heavy atom. The van der Waals surface area contributed by atoms with Crippen molar-refractivity contribution in [1.82, 2.24) is 4.90 Å². The number of nitrogens with one attached hydrogen (secondary N) is 1. The molecule has 1 N–H and O–H groups in total. The van der Waals surface area contributed by atoms with Crippen LogP contribution in [0.5, 0.6) is 0 Å². The molecule has 9 heteroatoms. The van der Waals surface area contributed by atoms with Crippen molar-refractivity contribution >= 4 is 35.0 Å². The van der Waals surface area contributed by atoms with Crippen molar-refractivity contribution in [3.8, 4) is 0 Å². The minimum atomic E-state index is -4.48. The average Bonchev–Trinajstić information content (AvgIpc) is 2.67. The number of benzene rings is 2. The Bertz CT molecular complexity index is 946. The van der Waals surface area contributed by atoms with Crippen molar-refractivity contribution in [3.63, 3.8) is 0 Å². The van der Waals surface area contributed by atoms with Gasteiger partial charge in [-0.1, -0.05) is 12.1 Å². The van der Waals surface area contributed by atoms with Crippen LogP contribution in [0.4, 0.5) is 24.5 Å². The molecular weight excluding hydrogens is 415 g/mol. The lowest BCUT2D eigenvalue weighted by atomic mass is 10.1.